The Morgan fingerprint density at radius 2 is 2.18 bits per heavy atom. The van der Waals surface area contributed by atoms with Crippen molar-refractivity contribution in [1.29, 1.82) is 0 Å². The van der Waals surface area contributed by atoms with Crippen LogP contribution in [0, 0.1) is 0 Å². The van der Waals surface area contributed by atoms with Gasteiger partial charge in [0.05, 0.1) is 43.0 Å². The summed E-state index contributed by atoms with van der Waals surface area (Å²) < 4.78 is 17.3. The predicted molar refractivity (Wildman–Crippen MR) is 101 cm³/mol. The van der Waals surface area contributed by atoms with Crippen molar-refractivity contribution in [3.8, 4) is 17.4 Å². The maximum absolute atomic E-state index is 12.8. The van der Waals surface area contributed by atoms with Crippen LogP contribution in [0.25, 0.3) is 17.4 Å². The van der Waals surface area contributed by atoms with E-state index in [9.17, 15) is 4.79 Å². The van der Waals surface area contributed by atoms with Crippen LogP contribution in [0.2, 0.25) is 0 Å². The molecule has 3 rings (SSSR count). The first kappa shape index (κ1) is 19.7. The first-order valence-electron chi connectivity index (χ1n) is 8.90. The van der Waals surface area contributed by atoms with Crippen molar-refractivity contribution < 1.29 is 18.7 Å². The van der Waals surface area contributed by atoms with Gasteiger partial charge in [0.1, 0.15) is 5.69 Å². The van der Waals surface area contributed by atoms with E-state index in [1.807, 2.05) is 13.0 Å². The number of nitrogens with one attached hydrogen (secondary N) is 1. The lowest BCUT2D eigenvalue weighted by Crippen LogP contribution is -2.37. The Morgan fingerprint density at radius 3 is 2.86 bits per heavy atom. The number of nitrogens with zero attached hydrogens (tertiary/aromatic N) is 4. The van der Waals surface area contributed by atoms with Crippen molar-refractivity contribution >= 4 is 5.91 Å². The monoisotopic (exact) mass is 385 g/mol. The third-order valence-electron chi connectivity index (χ3n) is 4.20. The number of carbonyl (C=O) groups is 1. The number of amides is 1. The first-order valence-corrected chi connectivity index (χ1v) is 8.90. The minimum Gasteiger partial charge on any atom is -0.463 e. The standard InChI is InChI=1S/C19H23N5O4/c1-4-13(11-26-2)22-18(25)14-10-21-24(16(14)12-27-3)19-20-8-7-15(23-19)17-6-5-9-28-17/h5-10,13H,4,11-12H2,1-3H3,(H,22,25)/t13-/m0/s1. The summed E-state index contributed by atoms with van der Waals surface area (Å²) in [5.41, 5.74) is 1.58. The molecule has 0 bridgehead atoms. The second kappa shape index (κ2) is 9.25. The SMILES string of the molecule is CC[C@@H](COC)NC(=O)c1cnn(-c2nccc(-c3ccco3)n2)c1COC. The molecule has 0 unspecified atom stereocenters. The van der Waals surface area contributed by atoms with Crippen LogP contribution in [0.15, 0.2) is 41.3 Å². The smallest absolute Gasteiger partial charge is 0.255 e. The largest absolute Gasteiger partial charge is 0.463 e. The molecule has 0 fully saturated rings. The molecule has 0 radical (unpaired) electrons. The molecule has 148 valence electrons. The Bertz CT molecular complexity index is 907. The number of rotatable bonds is 9. The second-order valence-corrected chi connectivity index (χ2v) is 6.10. The van der Waals surface area contributed by atoms with Gasteiger partial charge in [0.15, 0.2) is 5.76 Å². The molecule has 0 spiro atoms. The number of aromatic nitrogens is 4. The minimum absolute atomic E-state index is 0.0882. The van der Waals surface area contributed by atoms with E-state index in [0.717, 1.165) is 6.42 Å². The fourth-order valence-corrected chi connectivity index (χ4v) is 2.75. The van der Waals surface area contributed by atoms with Crippen LogP contribution in [0.4, 0.5) is 0 Å². The summed E-state index contributed by atoms with van der Waals surface area (Å²) in [5, 5.41) is 7.27. The number of furan rings is 1. The van der Waals surface area contributed by atoms with Crippen molar-refractivity contribution in [2.75, 3.05) is 20.8 Å². The van der Waals surface area contributed by atoms with Crippen LogP contribution < -0.4 is 5.32 Å². The predicted octanol–water partition coefficient (Wildman–Crippen LogP) is 2.22. The molecular weight excluding hydrogens is 362 g/mol. The molecule has 9 heteroatoms. The second-order valence-electron chi connectivity index (χ2n) is 6.10. The van der Waals surface area contributed by atoms with Gasteiger partial charge in [0.25, 0.3) is 11.9 Å². The molecule has 9 nitrogen and oxygen atoms in total. The first-order chi connectivity index (χ1) is 13.7. The molecule has 1 amide bonds. The Hall–Kier alpha value is -3.04. The van der Waals surface area contributed by atoms with Crippen molar-refractivity contribution in [2.24, 2.45) is 0 Å². The van der Waals surface area contributed by atoms with Crippen LogP contribution in [-0.4, -0.2) is 52.5 Å². The highest BCUT2D eigenvalue weighted by Gasteiger charge is 2.22. The lowest BCUT2D eigenvalue weighted by Gasteiger charge is -2.16. The highest BCUT2D eigenvalue weighted by molar-refractivity contribution is 5.95. The van der Waals surface area contributed by atoms with Gasteiger partial charge in [-0.2, -0.15) is 9.78 Å². The number of ether oxygens (including phenoxy) is 2. The third-order valence-corrected chi connectivity index (χ3v) is 4.20. The van der Waals surface area contributed by atoms with Gasteiger partial charge >= 0.3 is 0 Å². The summed E-state index contributed by atoms with van der Waals surface area (Å²) >= 11 is 0. The number of hydrogen-bond acceptors (Lipinski definition) is 7. The van der Waals surface area contributed by atoms with E-state index < -0.39 is 0 Å². The van der Waals surface area contributed by atoms with Crippen LogP contribution in [0.5, 0.6) is 0 Å². The molecule has 3 aromatic heterocycles. The Balaban J connectivity index is 1.93. The normalized spacial score (nSPS) is 12.1. The summed E-state index contributed by atoms with van der Waals surface area (Å²) in [5.74, 6) is 0.695. The molecule has 3 aromatic rings. The molecular formula is C19H23N5O4. The van der Waals surface area contributed by atoms with Gasteiger partial charge in [0, 0.05) is 20.4 Å². The topological polar surface area (TPSA) is 104 Å². The van der Waals surface area contributed by atoms with Gasteiger partial charge in [-0.3, -0.25) is 4.79 Å². The molecule has 0 saturated carbocycles. The Kier molecular flexibility index (Phi) is 6.51. The lowest BCUT2D eigenvalue weighted by atomic mass is 10.2. The molecule has 0 aliphatic carbocycles. The van der Waals surface area contributed by atoms with E-state index >= 15 is 0 Å². The molecule has 0 aliphatic heterocycles. The summed E-state index contributed by atoms with van der Waals surface area (Å²) in [7, 11) is 3.16. The van der Waals surface area contributed by atoms with E-state index in [2.05, 4.69) is 20.4 Å². The van der Waals surface area contributed by atoms with Gasteiger partial charge < -0.3 is 19.2 Å². The zero-order valence-corrected chi connectivity index (χ0v) is 16.1. The highest BCUT2D eigenvalue weighted by Crippen LogP contribution is 2.19. The van der Waals surface area contributed by atoms with E-state index in [1.165, 1.54) is 10.9 Å². The summed E-state index contributed by atoms with van der Waals surface area (Å²) in [6.07, 6.45) is 5.44. The summed E-state index contributed by atoms with van der Waals surface area (Å²) in [4.78, 5) is 21.5. The fourth-order valence-electron chi connectivity index (χ4n) is 2.75. The van der Waals surface area contributed by atoms with Gasteiger partial charge in [0.2, 0.25) is 0 Å². The third kappa shape index (κ3) is 4.26. The van der Waals surface area contributed by atoms with E-state index in [-0.39, 0.29) is 18.6 Å². The van der Waals surface area contributed by atoms with Crippen LogP contribution in [0.1, 0.15) is 29.4 Å². The van der Waals surface area contributed by atoms with Crippen LogP contribution >= 0.6 is 0 Å². The number of carbonyl (C=O) groups excluding carboxylic acids is 1. The van der Waals surface area contributed by atoms with Crippen molar-refractivity contribution in [3.63, 3.8) is 0 Å². The zero-order chi connectivity index (χ0) is 19.9. The van der Waals surface area contributed by atoms with Crippen molar-refractivity contribution in [2.45, 2.75) is 26.0 Å². The molecule has 28 heavy (non-hydrogen) atoms. The van der Waals surface area contributed by atoms with Crippen molar-refractivity contribution in [1.82, 2.24) is 25.1 Å². The molecule has 0 aliphatic rings. The van der Waals surface area contributed by atoms with Gasteiger partial charge in [-0.25, -0.2) is 9.97 Å². The highest BCUT2D eigenvalue weighted by atomic mass is 16.5. The average molecular weight is 385 g/mol. The molecule has 1 atom stereocenters. The van der Waals surface area contributed by atoms with Crippen LogP contribution in [0.3, 0.4) is 0 Å². The lowest BCUT2D eigenvalue weighted by molar-refractivity contribution is 0.0889. The Morgan fingerprint density at radius 1 is 1.32 bits per heavy atom. The average Bonchev–Trinajstić information content (AvgIpc) is 3.38. The summed E-state index contributed by atoms with van der Waals surface area (Å²) in [6, 6.07) is 5.25. The quantitative estimate of drug-likeness (QED) is 0.602. The molecule has 0 aromatic carbocycles. The van der Waals surface area contributed by atoms with Gasteiger partial charge in [-0.15, -0.1) is 0 Å². The van der Waals surface area contributed by atoms with Crippen molar-refractivity contribution in [3.05, 3.63) is 48.1 Å². The fraction of sp³-hybridized carbons (Fsp3) is 0.368. The number of methoxy groups -OCH3 is 2. The van der Waals surface area contributed by atoms with Gasteiger partial charge in [-0.05, 0) is 24.6 Å². The van der Waals surface area contributed by atoms with E-state index in [0.29, 0.717) is 35.3 Å². The molecule has 0 saturated heterocycles. The Labute approximate surface area is 162 Å². The maximum atomic E-state index is 12.8. The molecule has 1 N–H and O–H groups in total. The summed E-state index contributed by atoms with van der Waals surface area (Å²) in [6.45, 7) is 2.60. The van der Waals surface area contributed by atoms with Gasteiger partial charge in [-0.1, -0.05) is 6.92 Å². The number of hydrogen-bond donors (Lipinski definition) is 1. The zero-order valence-electron chi connectivity index (χ0n) is 16.1. The van der Waals surface area contributed by atoms with Crippen LogP contribution in [-0.2, 0) is 16.1 Å². The van der Waals surface area contributed by atoms with E-state index in [4.69, 9.17) is 13.9 Å². The maximum Gasteiger partial charge on any atom is 0.255 e. The minimum atomic E-state index is -0.246. The molecule has 3 heterocycles. The van der Waals surface area contributed by atoms with E-state index in [1.54, 1.807) is 38.8 Å².